The average molecular weight is 178 g/mol. The lowest BCUT2D eigenvalue weighted by Gasteiger charge is -2.32. The molecule has 0 N–H and O–H groups in total. The van der Waals surface area contributed by atoms with E-state index in [1.807, 2.05) is 0 Å². The molecule has 1 aromatic rings. The van der Waals surface area contributed by atoms with E-state index in [2.05, 4.69) is 42.5 Å². The summed E-state index contributed by atoms with van der Waals surface area (Å²) < 4.78 is 2.38. The zero-order valence-corrected chi connectivity index (χ0v) is 8.75. The number of aryl methyl sites for hydroxylation is 1. The first-order chi connectivity index (χ1) is 6.18. The van der Waals surface area contributed by atoms with E-state index in [0.717, 1.165) is 13.1 Å². The van der Waals surface area contributed by atoms with Gasteiger partial charge in [-0.2, -0.15) is 0 Å². The van der Waals surface area contributed by atoms with Gasteiger partial charge in [-0.05, 0) is 32.4 Å². The molecule has 0 amide bonds. The lowest BCUT2D eigenvalue weighted by molar-refractivity contribution is 0.176. The monoisotopic (exact) mass is 178 g/mol. The third kappa shape index (κ3) is 1.51. The number of fused-ring (bicyclic) bond motifs is 1. The van der Waals surface area contributed by atoms with Crippen LogP contribution < -0.4 is 0 Å². The van der Waals surface area contributed by atoms with Crippen LogP contribution in [0.25, 0.3) is 0 Å². The van der Waals surface area contributed by atoms with Gasteiger partial charge >= 0.3 is 0 Å². The van der Waals surface area contributed by atoms with Crippen molar-refractivity contribution in [3.63, 3.8) is 0 Å². The normalized spacial score (nSPS) is 17.8. The van der Waals surface area contributed by atoms with Crippen molar-refractivity contribution in [3.8, 4) is 0 Å². The second kappa shape index (κ2) is 3.18. The van der Waals surface area contributed by atoms with Gasteiger partial charge < -0.3 is 4.57 Å². The molecule has 2 nitrogen and oxygen atoms in total. The Hall–Kier alpha value is -0.760. The number of aromatic nitrogens is 1. The van der Waals surface area contributed by atoms with Gasteiger partial charge in [-0.25, -0.2) is 0 Å². The van der Waals surface area contributed by atoms with E-state index in [-0.39, 0.29) is 0 Å². The molecule has 13 heavy (non-hydrogen) atoms. The minimum absolute atomic E-state index is 0.669. The van der Waals surface area contributed by atoms with Gasteiger partial charge in [-0.3, -0.25) is 4.90 Å². The molecular weight excluding hydrogens is 160 g/mol. The Labute approximate surface area is 80.2 Å². The molecule has 1 aliphatic heterocycles. The number of hydrogen-bond donors (Lipinski definition) is 0. The van der Waals surface area contributed by atoms with Crippen LogP contribution in [0.15, 0.2) is 12.3 Å². The predicted octanol–water partition coefficient (Wildman–Crippen LogP) is 2.02. The second-order valence-corrected chi connectivity index (χ2v) is 4.20. The van der Waals surface area contributed by atoms with E-state index >= 15 is 0 Å². The van der Waals surface area contributed by atoms with Crippen LogP contribution in [0.5, 0.6) is 0 Å². The Kier molecular flexibility index (Phi) is 2.16. The van der Waals surface area contributed by atoms with E-state index in [9.17, 15) is 0 Å². The summed E-state index contributed by atoms with van der Waals surface area (Å²) in [7, 11) is 0. The van der Waals surface area contributed by atoms with Crippen LogP contribution in [0.2, 0.25) is 0 Å². The molecule has 0 saturated carbocycles. The number of hydrogen-bond acceptors (Lipinski definition) is 1. The molecule has 0 bridgehead atoms. The average Bonchev–Trinajstić information content (AvgIpc) is 2.47. The summed E-state index contributed by atoms with van der Waals surface area (Å²) in [5.74, 6) is 0. The maximum absolute atomic E-state index is 2.53. The maximum Gasteiger partial charge on any atom is 0.0393 e. The molecule has 0 unspecified atom stereocenters. The maximum atomic E-state index is 2.53. The Balaban J connectivity index is 2.22. The van der Waals surface area contributed by atoms with Crippen LogP contribution in [-0.4, -0.2) is 22.1 Å². The summed E-state index contributed by atoms with van der Waals surface area (Å²) >= 11 is 0. The highest BCUT2D eigenvalue weighted by Crippen LogP contribution is 2.18. The van der Waals surface area contributed by atoms with Gasteiger partial charge in [0.15, 0.2) is 0 Å². The van der Waals surface area contributed by atoms with Crippen LogP contribution >= 0.6 is 0 Å². The summed E-state index contributed by atoms with van der Waals surface area (Å²) in [6.07, 6.45) is 2.21. The van der Waals surface area contributed by atoms with Crippen molar-refractivity contribution >= 4 is 0 Å². The third-order valence-corrected chi connectivity index (χ3v) is 3.02. The summed E-state index contributed by atoms with van der Waals surface area (Å²) in [4.78, 5) is 2.53. The highest BCUT2D eigenvalue weighted by atomic mass is 15.2. The fourth-order valence-electron chi connectivity index (χ4n) is 1.99. The molecule has 0 aliphatic carbocycles. The Morgan fingerprint density at radius 3 is 2.77 bits per heavy atom. The van der Waals surface area contributed by atoms with E-state index in [4.69, 9.17) is 0 Å². The lowest BCUT2D eigenvalue weighted by atomic mass is 10.2. The fraction of sp³-hybridized carbons (Fsp3) is 0.636. The lowest BCUT2D eigenvalue weighted by Crippen LogP contribution is -2.38. The SMILES string of the molecule is Cc1ccn2c1CN(C(C)C)CC2. The van der Waals surface area contributed by atoms with Gasteiger partial charge in [0.1, 0.15) is 0 Å². The summed E-state index contributed by atoms with van der Waals surface area (Å²) in [6.45, 7) is 10.2. The number of nitrogens with zero attached hydrogens (tertiary/aromatic N) is 2. The van der Waals surface area contributed by atoms with Crippen molar-refractivity contribution in [1.29, 1.82) is 0 Å². The second-order valence-electron chi connectivity index (χ2n) is 4.20. The van der Waals surface area contributed by atoms with Gasteiger partial charge in [0.2, 0.25) is 0 Å². The van der Waals surface area contributed by atoms with Gasteiger partial charge in [-0.1, -0.05) is 0 Å². The Bertz CT molecular complexity index is 299. The van der Waals surface area contributed by atoms with E-state index in [1.165, 1.54) is 17.8 Å². The molecule has 0 aromatic carbocycles. The van der Waals surface area contributed by atoms with Crippen molar-refractivity contribution < 1.29 is 0 Å². The zero-order valence-electron chi connectivity index (χ0n) is 8.75. The molecule has 2 heteroatoms. The van der Waals surface area contributed by atoms with Crippen molar-refractivity contribution in [2.75, 3.05) is 6.54 Å². The first-order valence-corrected chi connectivity index (χ1v) is 5.07. The largest absolute Gasteiger partial charge is 0.349 e. The first kappa shape index (κ1) is 8.82. The number of rotatable bonds is 1. The standard InChI is InChI=1S/C11H18N2/c1-9(2)13-7-6-12-5-4-10(3)11(12)8-13/h4-5,9H,6-8H2,1-3H3. The summed E-state index contributed by atoms with van der Waals surface area (Å²) in [5.41, 5.74) is 2.94. The van der Waals surface area contributed by atoms with Crippen LogP contribution in [-0.2, 0) is 13.1 Å². The van der Waals surface area contributed by atoms with Crippen LogP contribution in [0, 0.1) is 6.92 Å². The van der Waals surface area contributed by atoms with Gasteiger partial charge in [0.25, 0.3) is 0 Å². The van der Waals surface area contributed by atoms with Crippen LogP contribution in [0.3, 0.4) is 0 Å². The predicted molar refractivity (Wildman–Crippen MR) is 54.7 cm³/mol. The molecule has 72 valence electrons. The molecule has 0 fully saturated rings. The van der Waals surface area contributed by atoms with E-state index in [1.54, 1.807) is 0 Å². The molecule has 1 aliphatic rings. The first-order valence-electron chi connectivity index (χ1n) is 5.07. The van der Waals surface area contributed by atoms with Gasteiger partial charge in [-0.15, -0.1) is 0 Å². The third-order valence-electron chi connectivity index (χ3n) is 3.02. The van der Waals surface area contributed by atoms with E-state index < -0.39 is 0 Å². The van der Waals surface area contributed by atoms with Crippen LogP contribution in [0.1, 0.15) is 25.1 Å². The molecular formula is C11H18N2. The molecule has 0 radical (unpaired) electrons. The van der Waals surface area contributed by atoms with Crippen molar-refractivity contribution in [3.05, 3.63) is 23.5 Å². The topological polar surface area (TPSA) is 8.17 Å². The molecule has 2 rings (SSSR count). The molecule has 2 heterocycles. The van der Waals surface area contributed by atoms with Crippen molar-refractivity contribution in [1.82, 2.24) is 9.47 Å². The van der Waals surface area contributed by atoms with Gasteiger partial charge in [0.05, 0.1) is 0 Å². The highest BCUT2D eigenvalue weighted by Gasteiger charge is 2.18. The molecule has 0 atom stereocenters. The quantitative estimate of drug-likeness (QED) is 0.638. The molecule has 0 spiro atoms. The van der Waals surface area contributed by atoms with Crippen molar-refractivity contribution in [2.45, 2.75) is 39.9 Å². The highest BCUT2D eigenvalue weighted by molar-refractivity contribution is 5.21. The van der Waals surface area contributed by atoms with Gasteiger partial charge in [0, 0.05) is 37.6 Å². The molecule has 1 aromatic heterocycles. The zero-order chi connectivity index (χ0) is 9.42. The summed E-state index contributed by atoms with van der Waals surface area (Å²) in [6, 6.07) is 2.89. The minimum Gasteiger partial charge on any atom is -0.349 e. The summed E-state index contributed by atoms with van der Waals surface area (Å²) in [5, 5.41) is 0. The smallest absolute Gasteiger partial charge is 0.0393 e. The van der Waals surface area contributed by atoms with Crippen LogP contribution in [0.4, 0.5) is 0 Å². The Morgan fingerprint density at radius 1 is 1.31 bits per heavy atom. The minimum atomic E-state index is 0.669. The van der Waals surface area contributed by atoms with Crippen molar-refractivity contribution in [2.24, 2.45) is 0 Å². The Morgan fingerprint density at radius 2 is 2.08 bits per heavy atom. The van der Waals surface area contributed by atoms with E-state index in [0.29, 0.717) is 6.04 Å². The molecule has 0 saturated heterocycles. The fourth-order valence-corrected chi connectivity index (χ4v) is 1.99.